The Labute approximate surface area is 102 Å². The molecule has 1 aromatic heterocycles. The van der Waals surface area contributed by atoms with Crippen molar-refractivity contribution in [3.8, 4) is 0 Å². The summed E-state index contributed by atoms with van der Waals surface area (Å²) in [6.07, 6.45) is 0. The fourth-order valence-corrected chi connectivity index (χ4v) is 5.28. The molecule has 0 aromatic carbocycles. The smallest absolute Gasteiger partial charge is 0.324 e. The standard InChI is InChI=1S/C7H13NO6P2S/c1-4(6-3-17-5(2)8-6)7(15(9,10)11)16(12,13)14/h3-4,7H,1-2H3,(H2,9,10,11)(H2,12,13,14). The predicted molar refractivity (Wildman–Crippen MR) is 63.1 cm³/mol. The van der Waals surface area contributed by atoms with Crippen LogP contribution in [0.25, 0.3) is 0 Å². The van der Waals surface area contributed by atoms with Crippen molar-refractivity contribution in [2.75, 3.05) is 0 Å². The molecule has 17 heavy (non-hydrogen) atoms. The summed E-state index contributed by atoms with van der Waals surface area (Å²) in [5, 5.41) is 0.164. The van der Waals surface area contributed by atoms with Crippen molar-refractivity contribution in [3.63, 3.8) is 0 Å². The second-order valence-electron chi connectivity index (χ2n) is 3.67. The maximum absolute atomic E-state index is 11.2. The Bertz CT molecular complexity index is 468. The zero-order chi connectivity index (χ0) is 13.4. The molecule has 0 aliphatic heterocycles. The van der Waals surface area contributed by atoms with Gasteiger partial charge in [-0.3, -0.25) is 9.13 Å². The summed E-state index contributed by atoms with van der Waals surface area (Å²) >= 11 is 1.25. The summed E-state index contributed by atoms with van der Waals surface area (Å²) in [5.74, 6) is -1.01. The largest absolute Gasteiger partial charge is 0.341 e. The summed E-state index contributed by atoms with van der Waals surface area (Å²) < 4.78 is 22.4. The van der Waals surface area contributed by atoms with E-state index in [0.717, 1.165) is 0 Å². The average molecular weight is 301 g/mol. The van der Waals surface area contributed by atoms with Crippen molar-refractivity contribution >= 4 is 26.5 Å². The highest BCUT2D eigenvalue weighted by molar-refractivity contribution is 7.70. The summed E-state index contributed by atoms with van der Waals surface area (Å²) in [7, 11) is -9.82. The number of rotatable bonds is 4. The lowest BCUT2D eigenvalue weighted by molar-refractivity contribution is 0.331. The minimum Gasteiger partial charge on any atom is -0.324 e. The number of aryl methyl sites for hydroxylation is 1. The van der Waals surface area contributed by atoms with Crippen LogP contribution in [0.3, 0.4) is 0 Å². The van der Waals surface area contributed by atoms with Gasteiger partial charge in [-0.05, 0) is 6.92 Å². The van der Waals surface area contributed by atoms with Gasteiger partial charge >= 0.3 is 15.2 Å². The van der Waals surface area contributed by atoms with Crippen molar-refractivity contribution in [3.05, 3.63) is 16.1 Å². The zero-order valence-electron chi connectivity index (χ0n) is 9.09. The molecule has 0 fully saturated rings. The number of nitrogens with zero attached hydrogens (tertiary/aromatic N) is 1. The Balaban J connectivity index is 3.17. The summed E-state index contributed by atoms with van der Waals surface area (Å²) in [5.41, 5.74) is 0.282. The van der Waals surface area contributed by atoms with Crippen molar-refractivity contribution in [2.24, 2.45) is 0 Å². The first-order chi connectivity index (χ1) is 7.53. The molecule has 10 heteroatoms. The molecule has 0 aliphatic carbocycles. The van der Waals surface area contributed by atoms with Gasteiger partial charge in [0.1, 0.15) is 0 Å². The van der Waals surface area contributed by atoms with Crippen LogP contribution in [0.5, 0.6) is 0 Å². The van der Waals surface area contributed by atoms with Gasteiger partial charge in [0.05, 0.1) is 10.7 Å². The van der Waals surface area contributed by atoms with Crippen LogP contribution in [0.15, 0.2) is 5.38 Å². The Morgan fingerprint density at radius 2 is 1.71 bits per heavy atom. The molecule has 7 nitrogen and oxygen atoms in total. The van der Waals surface area contributed by atoms with Crippen LogP contribution >= 0.6 is 26.5 Å². The van der Waals surface area contributed by atoms with Gasteiger partial charge in [-0.1, -0.05) is 6.92 Å². The highest BCUT2D eigenvalue weighted by atomic mass is 32.1. The van der Waals surface area contributed by atoms with E-state index in [2.05, 4.69) is 4.98 Å². The first kappa shape index (κ1) is 15.0. The van der Waals surface area contributed by atoms with Gasteiger partial charge in [0.2, 0.25) is 0 Å². The van der Waals surface area contributed by atoms with Crippen molar-refractivity contribution in [1.29, 1.82) is 0 Å². The lowest BCUT2D eigenvalue weighted by atomic mass is 10.1. The van der Waals surface area contributed by atoms with Crippen molar-refractivity contribution in [2.45, 2.75) is 25.2 Å². The molecule has 0 aliphatic rings. The minimum absolute atomic E-state index is 0.282. The maximum Gasteiger partial charge on any atom is 0.341 e. The first-order valence-corrected chi connectivity index (χ1v) is 8.80. The molecule has 1 unspecified atom stereocenters. The molecule has 1 aromatic rings. The molecule has 1 rings (SSSR count). The van der Waals surface area contributed by atoms with E-state index in [4.69, 9.17) is 19.6 Å². The fraction of sp³-hybridized carbons (Fsp3) is 0.571. The molecular weight excluding hydrogens is 288 g/mol. The highest BCUT2D eigenvalue weighted by Gasteiger charge is 2.48. The van der Waals surface area contributed by atoms with Crippen LogP contribution in [-0.4, -0.2) is 30.0 Å². The van der Waals surface area contributed by atoms with E-state index in [1.807, 2.05) is 0 Å². The van der Waals surface area contributed by atoms with Crippen LogP contribution in [0, 0.1) is 6.92 Å². The lowest BCUT2D eigenvalue weighted by Crippen LogP contribution is -2.17. The molecule has 1 atom stereocenters. The summed E-state index contributed by atoms with van der Waals surface area (Å²) in [4.78, 5) is 40.2. The average Bonchev–Trinajstić information content (AvgIpc) is 2.45. The monoisotopic (exact) mass is 301 g/mol. The van der Waals surface area contributed by atoms with Gasteiger partial charge < -0.3 is 19.6 Å². The third kappa shape index (κ3) is 3.69. The Morgan fingerprint density at radius 1 is 1.24 bits per heavy atom. The van der Waals surface area contributed by atoms with E-state index in [1.54, 1.807) is 12.3 Å². The molecule has 98 valence electrons. The predicted octanol–water partition coefficient (Wildman–Crippen LogP) is 1.24. The van der Waals surface area contributed by atoms with E-state index in [9.17, 15) is 9.13 Å². The molecular formula is C7H13NO6P2S. The van der Waals surface area contributed by atoms with Gasteiger partial charge in [-0.15, -0.1) is 11.3 Å². The van der Waals surface area contributed by atoms with Crippen LogP contribution in [0.1, 0.15) is 23.5 Å². The number of thiazole rings is 1. The van der Waals surface area contributed by atoms with E-state index >= 15 is 0 Å². The molecule has 0 spiro atoms. The molecule has 1 heterocycles. The number of aromatic nitrogens is 1. The molecule has 4 N–H and O–H groups in total. The first-order valence-electron chi connectivity index (χ1n) is 4.56. The SMILES string of the molecule is Cc1nc(C(C)C(P(=O)(O)O)P(=O)(O)O)cs1. The van der Waals surface area contributed by atoms with Crippen molar-refractivity contribution < 1.29 is 28.7 Å². The Kier molecular flexibility index (Phi) is 4.32. The quantitative estimate of drug-likeness (QED) is 0.616. The minimum atomic E-state index is -4.91. The van der Waals surface area contributed by atoms with E-state index < -0.39 is 26.5 Å². The molecule has 0 amide bonds. The van der Waals surface area contributed by atoms with Crippen LogP contribution in [-0.2, 0) is 9.13 Å². The van der Waals surface area contributed by atoms with Gasteiger partial charge in [-0.2, -0.15) is 0 Å². The van der Waals surface area contributed by atoms with Crippen LogP contribution in [0.4, 0.5) is 0 Å². The zero-order valence-corrected chi connectivity index (χ0v) is 11.7. The van der Waals surface area contributed by atoms with E-state index in [0.29, 0.717) is 5.01 Å². The lowest BCUT2D eigenvalue weighted by Gasteiger charge is -2.24. The Morgan fingerprint density at radius 3 is 2.00 bits per heavy atom. The normalized spacial score (nSPS) is 15.2. The Hall–Kier alpha value is -0.0700. The van der Waals surface area contributed by atoms with Gasteiger partial charge in [0, 0.05) is 11.3 Å². The molecule has 0 radical (unpaired) electrons. The molecule has 0 saturated heterocycles. The second kappa shape index (κ2) is 4.90. The maximum atomic E-state index is 11.2. The second-order valence-corrected chi connectivity index (χ2v) is 8.61. The van der Waals surface area contributed by atoms with Gasteiger partial charge in [0.15, 0.2) is 5.40 Å². The number of hydrogen-bond acceptors (Lipinski definition) is 4. The van der Waals surface area contributed by atoms with Gasteiger partial charge in [0.25, 0.3) is 0 Å². The van der Waals surface area contributed by atoms with Crippen LogP contribution < -0.4 is 0 Å². The summed E-state index contributed by atoms with van der Waals surface area (Å²) in [6.45, 7) is 3.04. The van der Waals surface area contributed by atoms with Gasteiger partial charge in [-0.25, -0.2) is 4.98 Å². The molecule has 0 saturated carbocycles. The van der Waals surface area contributed by atoms with E-state index in [1.165, 1.54) is 18.3 Å². The van der Waals surface area contributed by atoms with E-state index in [-0.39, 0.29) is 5.69 Å². The molecule has 0 bridgehead atoms. The third-order valence-electron chi connectivity index (χ3n) is 2.24. The summed E-state index contributed by atoms with van der Waals surface area (Å²) in [6, 6.07) is 0. The highest BCUT2D eigenvalue weighted by Crippen LogP contribution is 2.64. The van der Waals surface area contributed by atoms with Crippen LogP contribution in [0.2, 0.25) is 0 Å². The topological polar surface area (TPSA) is 128 Å². The fourth-order valence-electron chi connectivity index (χ4n) is 1.52. The number of hydrogen-bond donors (Lipinski definition) is 4. The third-order valence-corrected chi connectivity index (χ3v) is 7.11. The van der Waals surface area contributed by atoms with Crippen molar-refractivity contribution in [1.82, 2.24) is 4.98 Å².